The van der Waals surface area contributed by atoms with Crippen LogP contribution in [0, 0.1) is 11.8 Å². The van der Waals surface area contributed by atoms with Crippen molar-refractivity contribution in [2.24, 2.45) is 11.8 Å². The van der Waals surface area contributed by atoms with Crippen LogP contribution >= 0.6 is 11.8 Å². The first-order valence-electron chi connectivity index (χ1n) is 8.04. The first kappa shape index (κ1) is 16.8. The second-order valence-corrected chi connectivity index (χ2v) is 6.89. The van der Waals surface area contributed by atoms with E-state index in [2.05, 4.69) is 5.32 Å². The third-order valence-electron chi connectivity index (χ3n) is 4.51. The van der Waals surface area contributed by atoms with E-state index in [0.29, 0.717) is 12.8 Å². The minimum absolute atomic E-state index is 0.119. The fourth-order valence-electron chi connectivity index (χ4n) is 3.23. The second-order valence-electron chi connectivity index (χ2n) is 6.01. The van der Waals surface area contributed by atoms with Crippen molar-refractivity contribution in [2.75, 3.05) is 18.1 Å². The van der Waals surface area contributed by atoms with Crippen LogP contribution in [0.25, 0.3) is 0 Å². The maximum absolute atomic E-state index is 12.3. The molecule has 1 aromatic carbocycles. The van der Waals surface area contributed by atoms with E-state index in [1.807, 2.05) is 42.7 Å². The number of likely N-dealkylation sites (tertiary alicyclic amines) is 1. The van der Waals surface area contributed by atoms with Crippen molar-refractivity contribution < 1.29 is 14.4 Å². The first-order chi connectivity index (χ1) is 11.6. The van der Waals surface area contributed by atoms with Crippen molar-refractivity contribution in [2.45, 2.75) is 24.2 Å². The topological polar surface area (TPSA) is 66.5 Å². The summed E-state index contributed by atoms with van der Waals surface area (Å²) in [5, 5.41) is 2.82. The number of carbonyl (C=O) groups excluding carboxylic acids is 3. The summed E-state index contributed by atoms with van der Waals surface area (Å²) in [5.74, 6) is -0.924. The summed E-state index contributed by atoms with van der Waals surface area (Å²) in [6, 6.07) is 7.57. The molecule has 1 heterocycles. The maximum Gasteiger partial charge on any atom is 0.233 e. The highest BCUT2D eigenvalue weighted by Gasteiger charge is 2.46. The van der Waals surface area contributed by atoms with Crippen LogP contribution in [0.15, 0.2) is 41.3 Å². The Morgan fingerprint density at radius 2 is 1.88 bits per heavy atom. The third-order valence-corrected chi connectivity index (χ3v) is 5.24. The lowest BCUT2D eigenvalue weighted by Gasteiger charge is -2.14. The number of anilines is 1. The molecule has 1 saturated heterocycles. The van der Waals surface area contributed by atoms with E-state index < -0.39 is 0 Å². The summed E-state index contributed by atoms with van der Waals surface area (Å²) in [6.07, 6.45) is 7.26. The highest BCUT2D eigenvalue weighted by molar-refractivity contribution is 7.98. The van der Waals surface area contributed by atoms with Gasteiger partial charge < -0.3 is 5.32 Å². The van der Waals surface area contributed by atoms with Gasteiger partial charge in [-0.2, -0.15) is 0 Å². The average Bonchev–Trinajstić information content (AvgIpc) is 2.84. The summed E-state index contributed by atoms with van der Waals surface area (Å²) >= 11 is 1.60. The van der Waals surface area contributed by atoms with E-state index in [-0.39, 0.29) is 42.5 Å². The molecule has 5 nitrogen and oxygen atoms in total. The van der Waals surface area contributed by atoms with Crippen LogP contribution in [0.4, 0.5) is 5.69 Å². The number of imide groups is 1. The summed E-state index contributed by atoms with van der Waals surface area (Å²) in [5.41, 5.74) is 0.726. The van der Waals surface area contributed by atoms with Gasteiger partial charge in [0.15, 0.2) is 0 Å². The van der Waals surface area contributed by atoms with Crippen LogP contribution < -0.4 is 5.32 Å². The number of carbonyl (C=O) groups is 3. The Balaban J connectivity index is 1.56. The SMILES string of the molecule is CSc1cccc(NC(=O)CCN2C(=O)[C@H]3CC=CC[C@@H]3C2=O)c1. The van der Waals surface area contributed by atoms with Crippen molar-refractivity contribution in [3.8, 4) is 0 Å². The molecule has 2 atom stereocenters. The van der Waals surface area contributed by atoms with E-state index in [0.717, 1.165) is 10.6 Å². The van der Waals surface area contributed by atoms with E-state index in [1.54, 1.807) is 11.8 Å². The van der Waals surface area contributed by atoms with Crippen molar-refractivity contribution in [1.82, 2.24) is 4.90 Å². The molecule has 126 valence electrons. The van der Waals surface area contributed by atoms with Gasteiger partial charge in [-0.25, -0.2) is 0 Å². The van der Waals surface area contributed by atoms with E-state index in [9.17, 15) is 14.4 Å². The lowest BCUT2D eigenvalue weighted by molar-refractivity contribution is -0.140. The van der Waals surface area contributed by atoms with Gasteiger partial charge in [0.1, 0.15) is 0 Å². The number of amides is 3. The van der Waals surface area contributed by atoms with Crippen LogP contribution in [-0.2, 0) is 14.4 Å². The highest BCUT2D eigenvalue weighted by Crippen LogP contribution is 2.35. The molecule has 2 aliphatic rings. The normalized spacial score (nSPS) is 22.6. The molecule has 1 aliphatic carbocycles. The van der Waals surface area contributed by atoms with Crippen molar-refractivity contribution in [3.63, 3.8) is 0 Å². The molecule has 0 saturated carbocycles. The Morgan fingerprint density at radius 1 is 1.21 bits per heavy atom. The number of hydrogen-bond donors (Lipinski definition) is 1. The first-order valence-corrected chi connectivity index (χ1v) is 9.26. The van der Waals surface area contributed by atoms with E-state index >= 15 is 0 Å². The van der Waals surface area contributed by atoms with Crippen LogP contribution in [0.3, 0.4) is 0 Å². The molecule has 3 rings (SSSR count). The standard InChI is InChI=1S/C18H20N2O3S/c1-24-13-6-4-5-12(11-13)19-16(21)9-10-20-17(22)14-7-2-3-8-15(14)18(20)23/h2-6,11,14-15H,7-10H2,1H3,(H,19,21)/t14-,15-/m0/s1. The van der Waals surface area contributed by atoms with E-state index in [1.165, 1.54) is 4.90 Å². The Morgan fingerprint density at radius 3 is 2.50 bits per heavy atom. The molecule has 1 aliphatic heterocycles. The fraction of sp³-hybridized carbons (Fsp3) is 0.389. The van der Waals surface area contributed by atoms with Crippen LogP contribution in [0.5, 0.6) is 0 Å². The van der Waals surface area contributed by atoms with Gasteiger partial charge in [-0.05, 0) is 37.3 Å². The summed E-state index contributed by atoms with van der Waals surface area (Å²) in [6.45, 7) is 0.152. The predicted molar refractivity (Wildman–Crippen MR) is 93.5 cm³/mol. The van der Waals surface area contributed by atoms with Crippen molar-refractivity contribution >= 4 is 35.2 Å². The number of fused-ring (bicyclic) bond motifs is 1. The molecular formula is C18H20N2O3S. The minimum Gasteiger partial charge on any atom is -0.326 e. The fourth-order valence-corrected chi connectivity index (χ4v) is 3.69. The van der Waals surface area contributed by atoms with Gasteiger partial charge in [-0.1, -0.05) is 18.2 Å². The van der Waals surface area contributed by atoms with Crippen LogP contribution in [0.2, 0.25) is 0 Å². The number of benzene rings is 1. The summed E-state index contributed by atoms with van der Waals surface area (Å²) in [7, 11) is 0. The Hall–Kier alpha value is -2.08. The zero-order valence-electron chi connectivity index (χ0n) is 13.5. The van der Waals surface area contributed by atoms with Gasteiger partial charge in [-0.3, -0.25) is 19.3 Å². The highest BCUT2D eigenvalue weighted by atomic mass is 32.2. The zero-order valence-corrected chi connectivity index (χ0v) is 14.3. The van der Waals surface area contributed by atoms with Gasteiger partial charge in [0.25, 0.3) is 0 Å². The number of nitrogens with one attached hydrogen (secondary N) is 1. The number of hydrogen-bond acceptors (Lipinski definition) is 4. The maximum atomic E-state index is 12.3. The molecule has 1 aromatic rings. The third kappa shape index (κ3) is 3.38. The summed E-state index contributed by atoms with van der Waals surface area (Å²) in [4.78, 5) is 39.1. The Bertz CT molecular complexity index is 675. The van der Waals surface area contributed by atoms with Crippen LogP contribution in [-0.4, -0.2) is 35.4 Å². The lowest BCUT2D eigenvalue weighted by Crippen LogP contribution is -2.34. The largest absolute Gasteiger partial charge is 0.326 e. The molecule has 1 fully saturated rings. The molecule has 0 spiro atoms. The second kappa shape index (κ2) is 7.21. The molecule has 0 aromatic heterocycles. The van der Waals surface area contributed by atoms with Gasteiger partial charge in [0.2, 0.25) is 17.7 Å². The number of thioether (sulfide) groups is 1. The number of rotatable bonds is 5. The zero-order chi connectivity index (χ0) is 17.1. The quantitative estimate of drug-likeness (QED) is 0.507. The Kier molecular flexibility index (Phi) is 5.04. The smallest absolute Gasteiger partial charge is 0.233 e. The van der Waals surface area contributed by atoms with Gasteiger partial charge in [0.05, 0.1) is 11.8 Å². The molecule has 3 amide bonds. The monoisotopic (exact) mass is 344 g/mol. The van der Waals surface area contributed by atoms with Gasteiger partial charge >= 0.3 is 0 Å². The molecule has 0 unspecified atom stereocenters. The molecule has 1 N–H and O–H groups in total. The molecular weight excluding hydrogens is 324 g/mol. The number of nitrogens with zero attached hydrogens (tertiary/aromatic N) is 1. The molecule has 6 heteroatoms. The Labute approximate surface area is 145 Å². The van der Waals surface area contributed by atoms with Crippen molar-refractivity contribution in [1.29, 1.82) is 0 Å². The average molecular weight is 344 g/mol. The molecule has 0 bridgehead atoms. The number of allylic oxidation sites excluding steroid dienone is 2. The molecule has 0 radical (unpaired) electrons. The van der Waals surface area contributed by atoms with E-state index in [4.69, 9.17) is 0 Å². The van der Waals surface area contributed by atoms with Gasteiger partial charge in [-0.15, -0.1) is 11.8 Å². The van der Waals surface area contributed by atoms with Gasteiger partial charge in [0, 0.05) is 23.5 Å². The lowest BCUT2D eigenvalue weighted by atomic mass is 9.85. The van der Waals surface area contributed by atoms with Crippen LogP contribution in [0.1, 0.15) is 19.3 Å². The van der Waals surface area contributed by atoms with Crippen molar-refractivity contribution in [3.05, 3.63) is 36.4 Å². The predicted octanol–water partition coefficient (Wildman–Crippen LogP) is 2.69. The molecule has 24 heavy (non-hydrogen) atoms. The summed E-state index contributed by atoms with van der Waals surface area (Å²) < 4.78 is 0. The minimum atomic E-state index is -0.233.